The summed E-state index contributed by atoms with van der Waals surface area (Å²) in [6.45, 7) is 0.276. The highest BCUT2D eigenvalue weighted by Gasteiger charge is 2.04. The highest BCUT2D eigenvalue weighted by Crippen LogP contribution is 2.05. The van der Waals surface area contributed by atoms with Gasteiger partial charge in [-0.05, 0) is 35.4 Å². The molecular weight excluding hydrogens is 248 g/mol. The quantitative estimate of drug-likeness (QED) is 0.901. The molecule has 0 unspecified atom stereocenters. The third-order valence-electron chi connectivity index (χ3n) is 2.66. The van der Waals surface area contributed by atoms with E-state index in [1.807, 2.05) is 0 Å². The summed E-state index contributed by atoms with van der Waals surface area (Å²) in [5.41, 5.74) is 1.44. The molecule has 0 radical (unpaired) electrons. The van der Waals surface area contributed by atoms with Gasteiger partial charge in [0.25, 0.3) is 0 Å². The van der Waals surface area contributed by atoms with Crippen LogP contribution < -0.4 is 5.32 Å². The molecule has 1 N–H and O–H groups in total. The van der Waals surface area contributed by atoms with E-state index in [9.17, 15) is 13.6 Å². The van der Waals surface area contributed by atoms with Crippen molar-refractivity contribution in [1.29, 1.82) is 0 Å². The summed E-state index contributed by atoms with van der Waals surface area (Å²) in [5.74, 6) is -0.843. The second kappa shape index (κ2) is 6.09. The Kier molecular flexibility index (Phi) is 4.23. The topological polar surface area (TPSA) is 29.1 Å². The Morgan fingerprint density at radius 3 is 2.37 bits per heavy atom. The van der Waals surface area contributed by atoms with Gasteiger partial charge in [0.05, 0.1) is 6.42 Å². The molecule has 0 aliphatic rings. The maximum Gasteiger partial charge on any atom is 0.224 e. The average molecular weight is 261 g/mol. The molecule has 19 heavy (non-hydrogen) atoms. The van der Waals surface area contributed by atoms with Gasteiger partial charge in [-0.2, -0.15) is 0 Å². The SMILES string of the molecule is O=C(Cc1ccc(F)cc1)NCc1cccc(F)c1. The van der Waals surface area contributed by atoms with Crippen molar-refractivity contribution in [1.82, 2.24) is 5.32 Å². The Balaban J connectivity index is 1.86. The number of carbonyl (C=O) groups excluding carboxylic acids is 1. The van der Waals surface area contributed by atoms with Crippen LogP contribution >= 0.6 is 0 Å². The van der Waals surface area contributed by atoms with Crippen molar-refractivity contribution in [3.63, 3.8) is 0 Å². The number of amides is 1. The zero-order valence-corrected chi connectivity index (χ0v) is 10.2. The number of rotatable bonds is 4. The molecule has 0 aliphatic heterocycles. The number of carbonyl (C=O) groups is 1. The van der Waals surface area contributed by atoms with Gasteiger partial charge in [0.2, 0.25) is 5.91 Å². The van der Waals surface area contributed by atoms with Crippen molar-refractivity contribution in [2.45, 2.75) is 13.0 Å². The van der Waals surface area contributed by atoms with Gasteiger partial charge in [-0.15, -0.1) is 0 Å². The van der Waals surface area contributed by atoms with Gasteiger partial charge in [-0.25, -0.2) is 8.78 Å². The highest BCUT2D eigenvalue weighted by atomic mass is 19.1. The number of hydrogen-bond donors (Lipinski definition) is 1. The lowest BCUT2D eigenvalue weighted by Gasteiger charge is -2.05. The number of benzene rings is 2. The molecule has 1 amide bonds. The summed E-state index contributed by atoms with van der Waals surface area (Å²) in [4.78, 5) is 11.7. The van der Waals surface area contributed by atoms with Crippen LogP contribution in [0.4, 0.5) is 8.78 Å². The first-order valence-corrected chi connectivity index (χ1v) is 5.89. The monoisotopic (exact) mass is 261 g/mol. The largest absolute Gasteiger partial charge is 0.352 e. The summed E-state index contributed by atoms with van der Waals surface area (Å²) in [6.07, 6.45) is 0.176. The fourth-order valence-electron chi connectivity index (χ4n) is 1.70. The van der Waals surface area contributed by atoms with Crippen molar-refractivity contribution in [3.8, 4) is 0 Å². The average Bonchev–Trinajstić information content (AvgIpc) is 2.39. The first-order valence-electron chi connectivity index (χ1n) is 5.89. The molecule has 0 bridgehead atoms. The maximum atomic E-state index is 12.9. The number of hydrogen-bond acceptors (Lipinski definition) is 1. The molecule has 2 aromatic carbocycles. The summed E-state index contributed by atoms with van der Waals surface area (Å²) in [7, 11) is 0. The standard InChI is InChI=1S/C15H13F2NO/c16-13-6-4-11(5-7-13)9-15(19)18-10-12-2-1-3-14(17)8-12/h1-8H,9-10H2,(H,18,19). The van der Waals surface area contributed by atoms with Gasteiger partial charge in [0.15, 0.2) is 0 Å². The van der Waals surface area contributed by atoms with E-state index in [0.717, 1.165) is 5.56 Å². The van der Waals surface area contributed by atoms with E-state index in [4.69, 9.17) is 0 Å². The second-order valence-electron chi connectivity index (χ2n) is 4.21. The van der Waals surface area contributed by atoms with Gasteiger partial charge in [-0.1, -0.05) is 24.3 Å². The van der Waals surface area contributed by atoms with Crippen LogP contribution in [-0.2, 0) is 17.8 Å². The normalized spacial score (nSPS) is 10.2. The first kappa shape index (κ1) is 13.2. The predicted octanol–water partition coefficient (Wildman–Crippen LogP) is 2.82. The van der Waals surface area contributed by atoms with E-state index in [1.54, 1.807) is 24.3 Å². The minimum atomic E-state index is -0.330. The molecule has 2 rings (SSSR count). The van der Waals surface area contributed by atoms with E-state index in [0.29, 0.717) is 5.56 Å². The smallest absolute Gasteiger partial charge is 0.224 e. The molecule has 2 aromatic rings. The highest BCUT2D eigenvalue weighted by molar-refractivity contribution is 5.78. The number of halogens is 2. The Morgan fingerprint density at radius 2 is 1.68 bits per heavy atom. The van der Waals surface area contributed by atoms with Crippen LogP contribution in [0, 0.1) is 11.6 Å². The van der Waals surface area contributed by atoms with Crippen LogP contribution in [0.3, 0.4) is 0 Å². The Labute approximate surface area is 110 Å². The molecule has 4 heteroatoms. The van der Waals surface area contributed by atoms with Gasteiger partial charge in [0, 0.05) is 6.54 Å². The van der Waals surface area contributed by atoms with E-state index in [-0.39, 0.29) is 30.5 Å². The predicted molar refractivity (Wildman–Crippen MR) is 68.4 cm³/mol. The molecule has 0 saturated carbocycles. The Hall–Kier alpha value is -2.23. The van der Waals surface area contributed by atoms with Crippen molar-refractivity contribution in [2.75, 3.05) is 0 Å². The van der Waals surface area contributed by atoms with Crippen molar-refractivity contribution >= 4 is 5.91 Å². The molecule has 0 saturated heterocycles. The van der Waals surface area contributed by atoms with Gasteiger partial charge in [-0.3, -0.25) is 4.79 Å². The lowest BCUT2D eigenvalue weighted by molar-refractivity contribution is -0.120. The van der Waals surface area contributed by atoms with Crippen molar-refractivity contribution in [3.05, 3.63) is 71.3 Å². The van der Waals surface area contributed by atoms with Crippen LogP contribution in [-0.4, -0.2) is 5.91 Å². The summed E-state index contributed by atoms with van der Waals surface area (Å²) in [6, 6.07) is 11.8. The third-order valence-corrected chi connectivity index (χ3v) is 2.66. The van der Waals surface area contributed by atoms with Crippen LogP contribution in [0.5, 0.6) is 0 Å². The van der Waals surface area contributed by atoms with Gasteiger partial charge in [0.1, 0.15) is 11.6 Å². The lowest BCUT2D eigenvalue weighted by Crippen LogP contribution is -2.24. The lowest BCUT2D eigenvalue weighted by atomic mass is 10.1. The molecule has 0 aromatic heterocycles. The van der Waals surface area contributed by atoms with E-state index in [2.05, 4.69) is 5.32 Å². The fraction of sp³-hybridized carbons (Fsp3) is 0.133. The van der Waals surface area contributed by atoms with E-state index >= 15 is 0 Å². The fourth-order valence-corrected chi connectivity index (χ4v) is 1.70. The zero-order chi connectivity index (χ0) is 13.7. The molecule has 2 nitrogen and oxygen atoms in total. The minimum Gasteiger partial charge on any atom is -0.352 e. The molecule has 0 atom stereocenters. The first-order chi connectivity index (χ1) is 9.13. The Bertz CT molecular complexity index is 567. The molecule has 98 valence electrons. The van der Waals surface area contributed by atoms with Crippen molar-refractivity contribution in [2.24, 2.45) is 0 Å². The van der Waals surface area contributed by atoms with Gasteiger partial charge < -0.3 is 5.32 Å². The van der Waals surface area contributed by atoms with Crippen LogP contribution in [0.15, 0.2) is 48.5 Å². The van der Waals surface area contributed by atoms with Crippen LogP contribution in [0.1, 0.15) is 11.1 Å². The van der Waals surface area contributed by atoms with Crippen LogP contribution in [0.25, 0.3) is 0 Å². The summed E-state index contributed by atoms with van der Waals surface area (Å²) < 4.78 is 25.6. The van der Waals surface area contributed by atoms with Gasteiger partial charge >= 0.3 is 0 Å². The minimum absolute atomic E-state index is 0.176. The molecule has 0 spiro atoms. The van der Waals surface area contributed by atoms with E-state index in [1.165, 1.54) is 24.3 Å². The molecule has 0 heterocycles. The van der Waals surface area contributed by atoms with Crippen LogP contribution in [0.2, 0.25) is 0 Å². The summed E-state index contributed by atoms with van der Waals surface area (Å²) in [5, 5.41) is 2.69. The number of nitrogens with one attached hydrogen (secondary N) is 1. The second-order valence-corrected chi connectivity index (χ2v) is 4.21. The molecule has 0 fully saturated rings. The van der Waals surface area contributed by atoms with E-state index < -0.39 is 0 Å². The maximum absolute atomic E-state index is 12.9. The summed E-state index contributed by atoms with van der Waals surface area (Å²) >= 11 is 0. The molecule has 0 aliphatic carbocycles. The molecular formula is C15H13F2NO. The third kappa shape index (κ3) is 4.17. The Morgan fingerprint density at radius 1 is 0.947 bits per heavy atom. The zero-order valence-electron chi connectivity index (χ0n) is 10.2. The van der Waals surface area contributed by atoms with Crippen molar-refractivity contribution < 1.29 is 13.6 Å².